The quantitative estimate of drug-likeness (QED) is 0.908. The van der Waals surface area contributed by atoms with E-state index in [-0.39, 0.29) is 4.90 Å². The van der Waals surface area contributed by atoms with Crippen molar-refractivity contribution in [2.45, 2.75) is 18.7 Å². The van der Waals surface area contributed by atoms with Gasteiger partial charge in [-0.1, -0.05) is 12.1 Å². The lowest BCUT2D eigenvalue weighted by molar-refractivity contribution is 0.600. The highest BCUT2D eigenvalue weighted by Gasteiger charge is 2.22. The first-order valence-electron chi connectivity index (χ1n) is 5.21. The maximum atomic E-state index is 12.3. The lowest BCUT2D eigenvalue weighted by atomic mass is 10.3. The molecule has 7 heteroatoms. The molecule has 0 saturated carbocycles. The predicted octanol–water partition coefficient (Wildman–Crippen LogP) is 2.59. The molecule has 0 atom stereocenters. The SMILES string of the molecule is Cc1n[nH]c(C)c1S(=O)(=O)Nc1ccccc1Br. The van der Waals surface area contributed by atoms with Gasteiger partial charge in [-0.05, 0) is 41.9 Å². The van der Waals surface area contributed by atoms with Crippen LogP contribution >= 0.6 is 15.9 Å². The van der Waals surface area contributed by atoms with Crippen molar-refractivity contribution in [2.75, 3.05) is 4.72 Å². The van der Waals surface area contributed by atoms with E-state index in [0.717, 1.165) is 0 Å². The number of para-hydroxylation sites is 1. The standard InChI is InChI=1S/C11H12BrN3O2S/c1-7-11(8(2)14-13-7)18(16,17)15-10-6-4-3-5-9(10)12/h3-6,15H,1-2H3,(H,13,14). The number of hydrogen-bond donors (Lipinski definition) is 2. The van der Waals surface area contributed by atoms with E-state index in [0.29, 0.717) is 21.5 Å². The lowest BCUT2D eigenvalue weighted by Crippen LogP contribution is -2.14. The third-order valence-corrected chi connectivity index (χ3v) is 4.77. The van der Waals surface area contributed by atoms with Crippen LogP contribution in [0.5, 0.6) is 0 Å². The van der Waals surface area contributed by atoms with Crippen molar-refractivity contribution in [3.8, 4) is 0 Å². The highest BCUT2D eigenvalue weighted by molar-refractivity contribution is 9.10. The molecule has 0 saturated heterocycles. The Morgan fingerprint density at radius 2 is 1.94 bits per heavy atom. The number of H-pyrrole nitrogens is 1. The van der Waals surface area contributed by atoms with Gasteiger partial charge in [-0.2, -0.15) is 5.10 Å². The van der Waals surface area contributed by atoms with Crippen LogP contribution < -0.4 is 4.72 Å². The summed E-state index contributed by atoms with van der Waals surface area (Å²) in [6.45, 7) is 3.33. The number of rotatable bonds is 3. The van der Waals surface area contributed by atoms with Crippen LogP contribution in [-0.4, -0.2) is 18.6 Å². The van der Waals surface area contributed by atoms with Gasteiger partial charge in [-0.3, -0.25) is 9.82 Å². The Bertz CT molecular complexity index is 660. The van der Waals surface area contributed by atoms with Gasteiger partial charge in [-0.15, -0.1) is 0 Å². The molecule has 0 aliphatic carbocycles. The van der Waals surface area contributed by atoms with Gasteiger partial charge in [0.15, 0.2) is 0 Å². The van der Waals surface area contributed by atoms with Crippen molar-refractivity contribution in [1.29, 1.82) is 0 Å². The molecule has 0 unspecified atom stereocenters. The van der Waals surface area contributed by atoms with E-state index in [1.54, 1.807) is 32.0 Å². The first kappa shape index (κ1) is 13.1. The van der Waals surface area contributed by atoms with E-state index in [4.69, 9.17) is 0 Å². The number of benzene rings is 1. The largest absolute Gasteiger partial charge is 0.281 e. The molecule has 1 aromatic carbocycles. The van der Waals surface area contributed by atoms with Gasteiger partial charge in [0.25, 0.3) is 10.0 Å². The molecule has 1 aromatic heterocycles. The van der Waals surface area contributed by atoms with Crippen LogP contribution in [-0.2, 0) is 10.0 Å². The van der Waals surface area contributed by atoms with E-state index >= 15 is 0 Å². The molecular weight excluding hydrogens is 318 g/mol. The minimum atomic E-state index is -3.63. The molecule has 0 radical (unpaired) electrons. The molecule has 2 rings (SSSR count). The monoisotopic (exact) mass is 329 g/mol. The summed E-state index contributed by atoms with van der Waals surface area (Å²) in [5.41, 5.74) is 1.47. The molecule has 2 aromatic rings. The molecule has 0 bridgehead atoms. The Morgan fingerprint density at radius 1 is 1.28 bits per heavy atom. The maximum Gasteiger partial charge on any atom is 0.265 e. The Labute approximate surface area is 114 Å². The fraction of sp³-hybridized carbons (Fsp3) is 0.182. The number of halogens is 1. The highest BCUT2D eigenvalue weighted by Crippen LogP contribution is 2.26. The molecular formula is C11H12BrN3O2S. The summed E-state index contributed by atoms with van der Waals surface area (Å²) in [4.78, 5) is 0.193. The number of aryl methyl sites for hydroxylation is 2. The summed E-state index contributed by atoms with van der Waals surface area (Å²) >= 11 is 3.30. The van der Waals surface area contributed by atoms with Crippen molar-refractivity contribution in [3.05, 3.63) is 40.1 Å². The van der Waals surface area contributed by atoms with Crippen LogP contribution in [0, 0.1) is 13.8 Å². The van der Waals surface area contributed by atoms with Gasteiger partial charge in [0.05, 0.1) is 17.1 Å². The molecule has 96 valence electrons. The number of sulfonamides is 1. The summed E-state index contributed by atoms with van der Waals surface area (Å²) in [6, 6.07) is 7.03. The van der Waals surface area contributed by atoms with Crippen LogP contribution in [0.4, 0.5) is 5.69 Å². The molecule has 0 aliphatic rings. The third kappa shape index (κ3) is 2.41. The fourth-order valence-corrected chi connectivity index (χ4v) is 3.64. The molecule has 2 N–H and O–H groups in total. The van der Waals surface area contributed by atoms with Crippen LogP contribution in [0.15, 0.2) is 33.6 Å². The lowest BCUT2D eigenvalue weighted by Gasteiger charge is -2.09. The first-order valence-corrected chi connectivity index (χ1v) is 7.48. The van der Waals surface area contributed by atoms with Crippen LogP contribution in [0.2, 0.25) is 0 Å². The van der Waals surface area contributed by atoms with Gasteiger partial charge >= 0.3 is 0 Å². The number of aromatic amines is 1. The molecule has 0 fully saturated rings. The van der Waals surface area contributed by atoms with Gasteiger partial charge in [0.2, 0.25) is 0 Å². The van der Waals surface area contributed by atoms with Crippen molar-refractivity contribution in [3.63, 3.8) is 0 Å². The number of aromatic nitrogens is 2. The van der Waals surface area contributed by atoms with Gasteiger partial charge in [-0.25, -0.2) is 8.42 Å². The average Bonchev–Trinajstić information content (AvgIpc) is 2.62. The Hall–Kier alpha value is -1.34. The number of hydrogen-bond acceptors (Lipinski definition) is 3. The Balaban J connectivity index is 2.43. The first-order chi connectivity index (χ1) is 8.42. The third-order valence-electron chi connectivity index (χ3n) is 2.45. The zero-order valence-electron chi connectivity index (χ0n) is 9.86. The summed E-state index contributed by atoms with van der Waals surface area (Å²) in [7, 11) is -3.63. The minimum absolute atomic E-state index is 0.193. The fourth-order valence-electron chi connectivity index (χ4n) is 1.68. The zero-order chi connectivity index (χ0) is 13.3. The van der Waals surface area contributed by atoms with Crippen LogP contribution in [0.25, 0.3) is 0 Å². The van der Waals surface area contributed by atoms with Crippen molar-refractivity contribution in [2.24, 2.45) is 0 Å². The summed E-state index contributed by atoms with van der Waals surface area (Å²) in [5.74, 6) is 0. The van der Waals surface area contributed by atoms with Crippen molar-refractivity contribution < 1.29 is 8.42 Å². The van der Waals surface area contributed by atoms with E-state index in [9.17, 15) is 8.42 Å². The summed E-state index contributed by atoms with van der Waals surface area (Å²) < 4.78 is 27.8. The van der Waals surface area contributed by atoms with Crippen LogP contribution in [0.3, 0.4) is 0 Å². The molecule has 18 heavy (non-hydrogen) atoms. The summed E-state index contributed by atoms with van der Waals surface area (Å²) in [6.07, 6.45) is 0. The molecule has 0 aliphatic heterocycles. The van der Waals surface area contributed by atoms with E-state index in [1.165, 1.54) is 0 Å². The highest BCUT2D eigenvalue weighted by atomic mass is 79.9. The minimum Gasteiger partial charge on any atom is -0.281 e. The van der Waals surface area contributed by atoms with Gasteiger partial charge in [0, 0.05) is 4.47 Å². The van der Waals surface area contributed by atoms with Crippen molar-refractivity contribution in [1.82, 2.24) is 10.2 Å². The van der Waals surface area contributed by atoms with Crippen LogP contribution in [0.1, 0.15) is 11.4 Å². The normalized spacial score (nSPS) is 11.5. The summed E-state index contributed by atoms with van der Waals surface area (Å²) in [5, 5.41) is 6.55. The van der Waals surface area contributed by atoms with E-state index in [1.807, 2.05) is 6.07 Å². The topological polar surface area (TPSA) is 74.8 Å². The van der Waals surface area contributed by atoms with E-state index < -0.39 is 10.0 Å². The second kappa shape index (κ2) is 4.74. The predicted molar refractivity (Wildman–Crippen MR) is 73.0 cm³/mol. The molecule has 5 nitrogen and oxygen atoms in total. The molecule has 0 amide bonds. The molecule has 0 spiro atoms. The molecule has 1 heterocycles. The Morgan fingerprint density at radius 3 is 2.50 bits per heavy atom. The number of nitrogens with one attached hydrogen (secondary N) is 2. The Kier molecular flexibility index (Phi) is 3.45. The van der Waals surface area contributed by atoms with Gasteiger partial charge < -0.3 is 0 Å². The second-order valence-electron chi connectivity index (χ2n) is 3.85. The average molecular weight is 330 g/mol. The zero-order valence-corrected chi connectivity index (χ0v) is 12.3. The maximum absolute atomic E-state index is 12.3. The van der Waals surface area contributed by atoms with E-state index in [2.05, 4.69) is 30.8 Å². The number of anilines is 1. The van der Waals surface area contributed by atoms with Crippen molar-refractivity contribution >= 4 is 31.6 Å². The number of nitrogens with zero attached hydrogens (tertiary/aromatic N) is 1. The van der Waals surface area contributed by atoms with Gasteiger partial charge in [0.1, 0.15) is 4.90 Å². The second-order valence-corrected chi connectivity index (χ2v) is 6.32. The smallest absolute Gasteiger partial charge is 0.265 e.